The van der Waals surface area contributed by atoms with Gasteiger partial charge in [0.15, 0.2) is 0 Å². The van der Waals surface area contributed by atoms with Crippen LogP contribution in [0.1, 0.15) is 23.2 Å². The fourth-order valence-electron chi connectivity index (χ4n) is 4.12. The highest BCUT2D eigenvalue weighted by Crippen LogP contribution is 2.34. The van der Waals surface area contributed by atoms with Crippen LogP contribution >= 0.6 is 22.9 Å². The molecule has 3 heterocycles. The van der Waals surface area contributed by atoms with Crippen LogP contribution in [0.25, 0.3) is 10.6 Å². The normalized spacial score (nSPS) is 24.7. The van der Waals surface area contributed by atoms with Gasteiger partial charge in [-0.2, -0.15) is 0 Å². The molecule has 0 spiro atoms. The number of nitrogens with one attached hydrogen (secondary N) is 4. The number of fused-ring (bicyclic) bond motifs is 1. The molecular weight excluding hydrogens is 453 g/mol. The standard InChI is InChI=1S/C21H21ClFN7OS/c22-18-14-10-25-28-15(14)5-6-16(18)26-21-30-29-20(32-21)12-7-8-24-17(9-12)27-19(31)11-1-3-13(23)4-2-11/h1-4,7-9,14-16,18,25,28H,5-6,10H2,(H,26,30)(H,24,27,31). The van der Waals surface area contributed by atoms with E-state index >= 15 is 0 Å². The molecule has 11 heteroatoms. The summed E-state index contributed by atoms with van der Waals surface area (Å²) >= 11 is 8.16. The van der Waals surface area contributed by atoms with Crippen LogP contribution in [0.15, 0.2) is 42.6 Å². The fraction of sp³-hybridized carbons (Fsp3) is 0.333. The minimum atomic E-state index is -0.396. The average Bonchev–Trinajstić information content (AvgIpc) is 3.46. The maximum absolute atomic E-state index is 13.1. The van der Waals surface area contributed by atoms with Crippen molar-refractivity contribution >= 4 is 39.8 Å². The molecule has 2 fully saturated rings. The minimum absolute atomic E-state index is 0.00204. The van der Waals surface area contributed by atoms with Crippen molar-refractivity contribution in [3.63, 3.8) is 0 Å². The van der Waals surface area contributed by atoms with Crippen LogP contribution in [0, 0.1) is 11.7 Å². The third kappa shape index (κ3) is 4.44. The maximum atomic E-state index is 13.1. The van der Waals surface area contributed by atoms with Crippen molar-refractivity contribution in [1.29, 1.82) is 0 Å². The second-order valence-corrected chi connectivity index (χ2v) is 9.35. The molecule has 8 nitrogen and oxygen atoms in total. The Balaban J connectivity index is 1.26. The first-order valence-electron chi connectivity index (χ1n) is 10.3. The van der Waals surface area contributed by atoms with Crippen molar-refractivity contribution in [3.8, 4) is 10.6 Å². The number of hydrazine groups is 1. The van der Waals surface area contributed by atoms with Crippen molar-refractivity contribution in [2.24, 2.45) is 5.92 Å². The van der Waals surface area contributed by atoms with Gasteiger partial charge in [-0.1, -0.05) is 11.3 Å². The Hall–Kier alpha value is -2.66. The lowest BCUT2D eigenvalue weighted by Crippen LogP contribution is -2.47. The smallest absolute Gasteiger partial charge is 0.256 e. The molecule has 1 aliphatic carbocycles. The number of carbonyl (C=O) groups is 1. The van der Waals surface area contributed by atoms with Gasteiger partial charge in [0.1, 0.15) is 16.6 Å². The molecule has 2 aliphatic rings. The molecule has 4 N–H and O–H groups in total. The molecule has 3 aromatic rings. The Bertz CT molecular complexity index is 1110. The van der Waals surface area contributed by atoms with Crippen LogP contribution in [0.4, 0.5) is 15.3 Å². The Labute approximate surface area is 193 Å². The number of rotatable bonds is 5. The summed E-state index contributed by atoms with van der Waals surface area (Å²) in [7, 11) is 0. The molecule has 2 aromatic heterocycles. The molecule has 0 radical (unpaired) electrons. The predicted molar refractivity (Wildman–Crippen MR) is 122 cm³/mol. The quantitative estimate of drug-likeness (QED) is 0.422. The van der Waals surface area contributed by atoms with Gasteiger partial charge in [-0.25, -0.2) is 9.37 Å². The second kappa shape index (κ2) is 9.07. The van der Waals surface area contributed by atoms with Gasteiger partial charge in [0.25, 0.3) is 5.91 Å². The number of halogens is 2. The minimum Gasteiger partial charge on any atom is -0.356 e. The first-order valence-corrected chi connectivity index (χ1v) is 11.6. The number of aromatic nitrogens is 3. The Morgan fingerprint density at radius 2 is 2.03 bits per heavy atom. The topological polar surface area (TPSA) is 104 Å². The molecule has 1 aromatic carbocycles. The summed E-state index contributed by atoms with van der Waals surface area (Å²) in [5.74, 6) is -0.00826. The molecule has 1 amide bonds. The number of anilines is 2. The Morgan fingerprint density at radius 3 is 2.88 bits per heavy atom. The Morgan fingerprint density at radius 1 is 1.19 bits per heavy atom. The van der Waals surface area contributed by atoms with E-state index in [4.69, 9.17) is 11.6 Å². The third-order valence-corrected chi connectivity index (χ3v) is 7.34. The molecule has 1 saturated carbocycles. The van der Waals surface area contributed by atoms with Crippen LogP contribution in [0.2, 0.25) is 0 Å². The van der Waals surface area contributed by atoms with E-state index in [1.54, 1.807) is 12.3 Å². The number of amides is 1. The molecule has 1 aliphatic heterocycles. The molecule has 5 rings (SSSR count). The third-order valence-electron chi connectivity index (χ3n) is 5.81. The summed E-state index contributed by atoms with van der Waals surface area (Å²) in [6, 6.07) is 9.42. The lowest BCUT2D eigenvalue weighted by atomic mass is 9.82. The number of pyridine rings is 1. The van der Waals surface area contributed by atoms with E-state index in [1.807, 2.05) is 6.07 Å². The monoisotopic (exact) mass is 473 g/mol. The van der Waals surface area contributed by atoms with Crippen LogP contribution < -0.4 is 21.5 Å². The maximum Gasteiger partial charge on any atom is 0.256 e. The van der Waals surface area contributed by atoms with Crippen molar-refractivity contribution in [2.45, 2.75) is 30.3 Å². The molecule has 166 valence electrons. The summed E-state index contributed by atoms with van der Waals surface area (Å²) in [5.41, 5.74) is 7.62. The number of alkyl halides is 1. The first-order chi connectivity index (χ1) is 15.6. The average molecular weight is 474 g/mol. The first kappa shape index (κ1) is 21.2. The van der Waals surface area contributed by atoms with Gasteiger partial charge in [0.2, 0.25) is 5.13 Å². The second-order valence-electron chi connectivity index (χ2n) is 7.87. The van der Waals surface area contributed by atoms with E-state index in [0.717, 1.165) is 24.9 Å². The van der Waals surface area contributed by atoms with Gasteiger partial charge in [-0.05, 0) is 49.2 Å². The van der Waals surface area contributed by atoms with Crippen LogP contribution in [0.3, 0.4) is 0 Å². The van der Waals surface area contributed by atoms with Crippen molar-refractivity contribution < 1.29 is 9.18 Å². The van der Waals surface area contributed by atoms with Crippen LogP contribution in [-0.4, -0.2) is 45.1 Å². The van der Waals surface area contributed by atoms with Gasteiger partial charge in [0.05, 0.1) is 5.38 Å². The molecule has 32 heavy (non-hydrogen) atoms. The van der Waals surface area contributed by atoms with E-state index in [2.05, 4.69) is 36.7 Å². The van der Waals surface area contributed by atoms with E-state index in [0.29, 0.717) is 33.5 Å². The highest BCUT2D eigenvalue weighted by molar-refractivity contribution is 7.18. The van der Waals surface area contributed by atoms with Crippen molar-refractivity contribution in [2.75, 3.05) is 17.2 Å². The SMILES string of the molecule is O=C(Nc1cc(-c2nnc(NC3CCC4NNCC4C3Cl)s2)ccn1)c1ccc(F)cc1. The lowest BCUT2D eigenvalue weighted by molar-refractivity contribution is 0.102. The van der Waals surface area contributed by atoms with Gasteiger partial charge < -0.3 is 10.6 Å². The number of hydrogen-bond acceptors (Lipinski definition) is 8. The van der Waals surface area contributed by atoms with E-state index in [9.17, 15) is 9.18 Å². The van der Waals surface area contributed by atoms with Crippen LogP contribution in [0.5, 0.6) is 0 Å². The summed E-state index contributed by atoms with van der Waals surface area (Å²) in [6.07, 6.45) is 3.60. The van der Waals surface area contributed by atoms with Gasteiger partial charge in [-0.3, -0.25) is 15.6 Å². The van der Waals surface area contributed by atoms with Crippen molar-refractivity contribution in [1.82, 2.24) is 26.0 Å². The van der Waals surface area contributed by atoms with Gasteiger partial charge in [-0.15, -0.1) is 21.8 Å². The number of carbonyl (C=O) groups excluding carboxylic acids is 1. The summed E-state index contributed by atoms with van der Waals surface area (Å²) in [4.78, 5) is 16.6. The zero-order chi connectivity index (χ0) is 22.1. The number of benzene rings is 1. The molecule has 0 bridgehead atoms. The van der Waals surface area contributed by atoms with E-state index in [-0.39, 0.29) is 17.3 Å². The van der Waals surface area contributed by atoms with Gasteiger partial charge in [0, 0.05) is 41.9 Å². The zero-order valence-electron chi connectivity index (χ0n) is 16.9. The lowest BCUT2D eigenvalue weighted by Gasteiger charge is -2.35. The van der Waals surface area contributed by atoms with E-state index < -0.39 is 5.82 Å². The number of nitrogens with zero attached hydrogens (tertiary/aromatic N) is 3. The highest BCUT2D eigenvalue weighted by Gasteiger charge is 2.41. The fourth-order valence-corrected chi connectivity index (χ4v) is 5.38. The highest BCUT2D eigenvalue weighted by atomic mass is 35.5. The summed E-state index contributed by atoms with van der Waals surface area (Å²) in [6.45, 7) is 0.863. The van der Waals surface area contributed by atoms with Crippen LogP contribution in [-0.2, 0) is 0 Å². The molecule has 4 unspecified atom stereocenters. The molecule has 1 saturated heterocycles. The van der Waals surface area contributed by atoms with Crippen molar-refractivity contribution in [3.05, 3.63) is 54.0 Å². The predicted octanol–water partition coefficient (Wildman–Crippen LogP) is 3.27. The largest absolute Gasteiger partial charge is 0.356 e. The zero-order valence-corrected chi connectivity index (χ0v) is 18.5. The number of hydrogen-bond donors (Lipinski definition) is 4. The molecule has 4 atom stereocenters. The summed E-state index contributed by atoms with van der Waals surface area (Å²) in [5, 5.41) is 16.2. The Kier molecular flexibility index (Phi) is 6.01. The molecular formula is C21H21ClFN7OS. The van der Waals surface area contributed by atoms with E-state index in [1.165, 1.54) is 35.6 Å². The van der Waals surface area contributed by atoms with Gasteiger partial charge >= 0.3 is 0 Å². The summed E-state index contributed by atoms with van der Waals surface area (Å²) < 4.78 is 13.1.